The molecule has 14 heavy (non-hydrogen) atoms. The van der Waals surface area contributed by atoms with Crippen molar-refractivity contribution in [1.82, 2.24) is 10.3 Å². The maximum atomic E-state index is 9.53. The molecule has 1 heterocycles. The lowest BCUT2D eigenvalue weighted by atomic mass is 10.2. The Balaban J connectivity index is 2.50. The molecule has 4 heteroatoms. The first-order valence-corrected chi connectivity index (χ1v) is 4.43. The van der Waals surface area contributed by atoms with E-state index in [2.05, 4.69) is 10.3 Å². The molecule has 2 rings (SSSR count). The minimum Gasteiger partial charge on any atom is -0.441 e. The van der Waals surface area contributed by atoms with Gasteiger partial charge in [-0.1, -0.05) is 6.07 Å². The third-order valence-corrected chi connectivity index (χ3v) is 2.11. The van der Waals surface area contributed by atoms with Crippen molar-refractivity contribution in [2.45, 2.75) is 13.2 Å². The first kappa shape index (κ1) is 9.18. The molecular formula is C10H12N2O2. The summed E-state index contributed by atoms with van der Waals surface area (Å²) in [6.45, 7) is 1.80. The van der Waals surface area contributed by atoms with E-state index in [1.54, 1.807) is 14.0 Å². The number of aliphatic hydroxyl groups excluding tert-OH is 1. The normalized spacial score (nSPS) is 13.4. The second kappa shape index (κ2) is 3.40. The highest BCUT2D eigenvalue weighted by Gasteiger charge is 2.07. The summed E-state index contributed by atoms with van der Waals surface area (Å²) in [5.74, 6) is 0.635. The van der Waals surface area contributed by atoms with Gasteiger partial charge in [-0.2, -0.15) is 0 Å². The van der Waals surface area contributed by atoms with Gasteiger partial charge < -0.3 is 9.52 Å². The highest BCUT2D eigenvalue weighted by atomic mass is 16.3. The van der Waals surface area contributed by atoms with Gasteiger partial charge in [0.1, 0.15) is 11.7 Å². The second-order valence-corrected chi connectivity index (χ2v) is 3.15. The fraction of sp³-hybridized carbons (Fsp3) is 0.300. The number of rotatable bonds is 2. The Kier molecular flexibility index (Phi) is 2.23. The second-order valence-electron chi connectivity index (χ2n) is 3.15. The fourth-order valence-electron chi connectivity index (χ4n) is 1.40. The van der Waals surface area contributed by atoms with Gasteiger partial charge in [-0.15, -0.1) is 0 Å². The average Bonchev–Trinajstić information content (AvgIpc) is 2.55. The van der Waals surface area contributed by atoms with Gasteiger partial charge in [0.05, 0.1) is 0 Å². The Bertz CT molecular complexity index is 450. The van der Waals surface area contributed by atoms with Crippen LogP contribution in [0.2, 0.25) is 0 Å². The lowest BCUT2D eigenvalue weighted by Crippen LogP contribution is -2.14. The molecule has 0 saturated heterocycles. The summed E-state index contributed by atoms with van der Waals surface area (Å²) in [6, 6.07) is 5.44. The minimum atomic E-state index is -0.656. The van der Waals surface area contributed by atoms with Gasteiger partial charge in [-0.3, -0.25) is 5.32 Å². The summed E-state index contributed by atoms with van der Waals surface area (Å²) >= 11 is 0. The zero-order valence-corrected chi connectivity index (χ0v) is 8.11. The van der Waals surface area contributed by atoms with Gasteiger partial charge >= 0.3 is 0 Å². The molecule has 2 aromatic rings. The standard InChI is InChI=1S/C10H12N2O2/c1-6-12-8-5-7(10(13)11-2)3-4-9(8)14-6/h3-5,10-11,13H,1-2H3. The summed E-state index contributed by atoms with van der Waals surface area (Å²) in [5.41, 5.74) is 2.30. The number of hydrogen-bond donors (Lipinski definition) is 2. The highest BCUT2D eigenvalue weighted by Crippen LogP contribution is 2.19. The molecule has 74 valence electrons. The van der Waals surface area contributed by atoms with Gasteiger partial charge in [0.15, 0.2) is 11.5 Å². The maximum Gasteiger partial charge on any atom is 0.192 e. The molecule has 0 aliphatic heterocycles. The van der Waals surface area contributed by atoms with E-state index in [4.69, 9.17) is 4.42 Å². The Morgan fingerprint density at radius 2 is 2.29 bits per heavy atom. The first-order valence-electron chi connectivity index (χ1n) is 4.43. The zero-order valence-electron chi connectivity index (χ0n) is 8.11. The summed E-state index contributed by atoms with van der Waals surface area (Å²) in [4.78, 5) is 4.18. The summed E-state index contributed by atoms with van der Waals surface area (Å²) in [5, 5.41) is 12.3. The monoisotopic (exact) mass is 192 g/mol. The topological polar surface area (TPSA) is 58.3 Å². The number of nitrogens with one attached hydrogen (secondary N) is 1. The van der Waals surface area contributed by atoms with E-state index >= 15 is 0 Å². The van der Waals surface area contributed by atoms with Crippen molar-refractivity contribution in [3.63, 3.8) is 0 Å². The number of aryl methyl sites for hydroxylation is 1. The molecule has 0 spiro atoms. The summed E-state index contributed by atoms with van der Waals surface area (Å²) < 4.78 is 5.32. The van der Waals surface area contributed by atoms with E-state index in [0.717, 1.165) is 16.7 Å². The average molecular weight is 192 g/mol. The van der Waals surface area contributed by atoms with E-state index in [9.17, 15) is 5.11 Å². The van der Waals surface area contributed by atoms with Crippen LogP contribution in [0.5, 0.6) is 0 Å². The fourth-order valence-corrected chi connectivity index (χ4v) is 1.40. The number of nitrogens with zero attached hydrogens (tertiary/aromatic N) is 1. The highest BCUT2D eigenvalue weighted by molar-refractivity contribution is 5.73. The van der Waals surface area contributed by atoms with Crippen LogP contribution in [-0.4, -0.2) is 17.1 Å². The lowest BCUT2D eigenvalue weighted by Gasteiger charge is -2.08. The molecule has 4 nitrogen and oxygen atoms in total. The van der Waals surface area contributed by atoms with Crippen LogP contribution in [0.3, 0.4) is 0 Å². The van der Waals surface area contributed by atoms with Crippen LogP contribution < -0.4 is 5.32 Å². The zero-order chi connectivity index (χ0) is 10.1. The van der Waals surface area contributed by atoms with Crippen molar-refractivity contribution in [3.05, 3.63) is 29.7 Å². The Hall–Kier alpha value is -1.39. The predicted octanol–water partition coefficient (Wildman–Crippen LogP) is 1.35. The van der Waals surface area contributed by atoms with Crippen LogP contribution in [0.4, 0.5) is 0 Å². The van der Waals surface area contributed by atoms with Crippen LogP contribution in [-0.2, 0) is 0 Å². The molecule has 1 unspecified atom stereocenters. The molecule has 0 amide bonds. The minimum absolute atomic E-state index is 0.635. The van der Waals surface area contributed by atoms with E-state index in [1.165, 1.54) is 0 Å². The van der Waals surface area contributed by atoms with Crippen molar-refractivity contribution in [1.29, 1.82) is 0 Å². The number of aliphatic hydroxyl groups is 1. The largest absolute Gasteiger partial charge is 0.441 e. The molecular weight excluding hydrogens is 180 g/mol. The third kappa shape index (κ3) is 1.49. The molecule has 0 saturated carbocycles. The molecule has 0 aliphatic rings. The molecule has 0 fully saturated rings. The smallest absolute Gasteiger partial charge is 0.192 e. The molecule has 2 N–H and O–H groups in total. The molecule has 1 aromatic heterocycles. The van der Waals surface area contributed by atoms with E-state index < -0.39 is 6.23 Å². The molecule has 1 atom stereocenters. The van der Waals surface area contributed by atoms with Gasteiger partial charge in [-0.05, 0) is 24.7 Å². The number of oxazole rings is 1. The third-order valence-electron chi connectivity index (χ3n) is 2.11. The number of aromatic nitrogens is 1. The van der Waals surface area contributed by atoms with Crippen molar-refractivity contribution in [2.24, 2.45) is 0 Å². The number of hydrogen-bond acceptors (Lipinski definition) is 4. The quantitative estimate of drug-likeness (QED) is 0.705. The van der Waals surface area contributed by atoms with Crippen molar-refractivity contribution in [2.75, 3.05) is 7.05 Å². The van der Waals surface area contributed by atoms with E-state index in [-0.39, 0.29) is 0 Å². The Morgan fingerprint density at radius 1 is 1.50 bits per heavy atom. The SMILES string of the molecule is CNC(O)c1ccc2oc(C)nc2c1. The van der Waals surface area contributed by atoms with Crippen LogP contribution >= 0.6 is 0 Å². The van der Waals surface area contributed by atoms with Gasteiger partial charge in [0.25, 0.3) is 0 Å². The lowest BCUT2D eigenvalue weighted by molar-refractivity contribution is 0.149. The molecule has 1 aromatic carbocycles. The van der Waals surface area contributed by atoms with Gasteiger partial charge in [0, 0.05) is 6.92 Å². The molecule has 0 aliphatic carbocycles. The predicted molar refractivity (Wildman–Crippen MR) is 52.8 cm³/mol. The number of fused-ring (bicyclic) bond motifs is 1. The maximum absolute atomic E-state index is 9.53. The van der Waals surface area contributed by atoms with E-state index in [1.807, 2.05) is 18.2 Å². The van der Waals surface area contributed by atoms with Crippen molar-refractivity contribution < 1.29 is 9.52 Å². The van der Waals surface area contributed by atoms with Gasteiger partial charge in [-0.25, -0.2) is 4.98 Å². The summed E-state index contributed by atoms with van der Waals surface area (Å²) in [7, 11) is 1.70. The van der Waals surface area contributed by atoms with E-state index in [0.29, 0.717) is 5.89 Å². The van der Waals surface area contributed by atoms with Crippen LogP contribution in [0.25, 0.3) is 11.1 Å². The van der Waals surface area contributed by atoms with Crippen LogP contribution in [0.1, 0.15) is 17.7 Å². The van der Waals surface area contributed by atoms with Gasteiger partial charge in [0.2, 0.25) is 0 Å². The first-order chi connectivity index (χ1) is 6.70. The van der Waals surface area contributed by atoms with Crippen LogP contribution in [0.15, 0.2) is 22.6 Å². The Morgan fingerprint density at radius 3 is 3.00 bits per heavy atom. The summed E-state index contributed by atoms with van der Waals surface area (Å²) in [6.07, 6.45) is -0.656. The van der Waals surface area contributed by atoms with Crippen molar-refractivity contribution >= 4 is 11.1 Å². The van der Waals surface area contributed by atoms with Crippen molar-refractivity contribution in [3.8, 4) is 0 Å². The molecule has 0 bridgehead atoms. The molecule has 0 radical (unpaired) electrons. The number of benzene rings is 1. The van der Waals surface area contributed by atoms with Crippen LogP contribution in [0, 0.1) is 6.92 Å². The Labute approximate surface area is 81.6 Å².